The first-order valence-electron chi connectivity index (χ1n) is 6.62. The smallest absolute Gasteiger partial charge is 0.0951 e. The highest BCUT2D eigenvalue weighted by atomic mass is 16.5. The average molecular weight is 235 g/mol. The molecule has 4 nitrogen and oxygen atoms in total. The number of hydrogen-bond acceptors (Lipinski definition) is 3. The van der Waals surface area contributed by atoms with Crippen LogP contribution in [0.2, 0.25) is 0 Å². The van der Waals surface area contributed by atoms with Gasteiger partial charge in [-0.05, 0) is 39.2 Å². The highest BCUT2D eigenvalue weighted by molar-refractivity contribution is 5.02. The first-order valence-corrected chi connectivity index (χ1v) is 6.62. The van der Waals surface area contributed by atoms with Crippen LogP contribution >= 0.6 is 0 Å². The first kappa shape index (κ1) is 11.2. The van der Waals surface area contributed by atoms with Crippen LogP contribution in [0.4, 0.5) is 0 Å². The third-order valence-electron chi connectivity index (χ3n) is 3.81. The zero-order valence-corrected chi connectivity index (χ0v) is 10.5. The van der Waals surface area contributed by atoms with Crippen molar-refractivity contribution in [3.63, 3.8) is 0 Å². The number of hydrogen-bond donors (Lipinski definition) is 1. The van der Waals surface area contributed by atoms with E-state index in [2.05, 4.69) is 21.8 Å². The molecule has 1 aliphatic heterocycles. The third-order valence-corrected chi connectivity index (χ3v) is 3.81. The van der Waals surface area contributed by atoms with Crippen LogP contribution in [0.15, 0.2) is 12.5 Å². The first-order chi connectivity index (χ1) is 8.27. The Labute approximate surface area is 102 Å². The molecule has 2 aliphatic rings. The minimum absolute atomic E-state index is 0.00307. The SMILES string of the molecule is CC1(OCc2cncn2C2CC2)CCCNC1. The number of nitrogens with zero attached hydrogens (tertiary/aromatic N) is 2. The van der Waals surface area contributed by atoms with Gasteiger partial charge in [0.1, 0.15) is 0 Å². The summed E-state index contributed by atoms with van der Waals surface area (Å²) >= 11 is 0. The van der Waals surface area contributed by atoms with Gasteiger partial charge in [-0.1, -0.05) is 0 Å². The maximum atomic E-state index is 6.11. The van der Waals surface area contributed by atoms with Gasteiger partial charge >= 0.3 is 0 Å². The minimum atomic E-state index is -0.00307. The Morgan fingerprint density at radius 3 is 3.18 bits per heavy atom. The summed E-state index contributed by atoms with van der Waals surface area (Å²) in [5, 5.41) is 3.41. The fourth-order valence-corrected chi connectivity index (χ4v) is 2.53. The van der Waals surface area contributed by atoms with Crippen LogP contribution in [-0.2, 0) is 11.3 Å². The Hall–Kier alpha value is -0.870. The van der Waals surface area contributed by atoms with Crippen LogP contribution < -0.4 is 5.32 Å². The lowest BCUT2D eigenvalue weighted by molar-refractivity contribution is -0.0592. The fraction of sp³-hybridized carbons (Fsp3) is 0.769. The van der Waals surface area contributed by atoms with Crippen molar-refractivity contribution in [1.29, 1.82) is 0 Å². The summed E-state index contributed by atoms with van der Waals surface area (Å²) in [5.74, 6) is 0. The number of ether oxygens (including phenoxy) is 1. The van der Waals surface area contributed by atoms with Crippen LogP contribution in [0.1, 0.15) is 44.3 Å². The molecule has 94 valence electrons. The molecule has 2 fully saturated rings. The minimum Gasteiger partial charge on any atom is -0.368 e. The number of aromatic nitrogens is 2. The zero-order valence-electron chi connectivity index (χ0n) is 10.5. The molecule has 0 aromatic carbocycles. The molecule has 17 heavy (non-hydrogen) atoms. The molecule has 1 aromatic rings. The van der Waals surface area contributed by atoms with Crippen LogP contribution in [-0.4, -0.2) is 28.2 Å². The Bertz CT molecular complexity index is 378. The molecule has 1 aliphatic carbocycles. The lowest BCUT2D eigenvalue weighted by Crippen LogP contribution is -2.45. The average Bonchev–Trinajstić information content (AvgIpc) is 3.07. The van der Waals surface area contributed by atoms with E-state index < -0.39 is 0 Å². The lowest BCUT2D eigenvalue weighted by Gasteiger charge is -2.34. The van der Waals surface area contributed by atoms with Gasteiger partial charge in [-0.15, -0.1) is 0 Å². The van der Waals surface area contributed by atoms with E-state index in [4.69, 9.17) is 4.74 Å². The normalized spacial score (nSPS) is 29.5. The van der Waals surface area contributed by atoms with Gasteiger partial charge in [0.25, 0.3) is 0 Å². The summed E-state index contributed by atoms with van der Waals surface area (Å²) in [6, 6.07) is 0.688. The second-order valence-corrected chi connectivity index (χ2v) is 5.54. The molecule has 0 amide bonds. The molecule has 0 spiro atoms. The van der Waals surface area contributed by atoms with Gasteiger partial charge in [0.2, 0.25) is 0 Å². The van der Waals surface area contributed by atoms with Crippen molar-refractivity contribution in [3.8, 4) is 0 Å². The summed E-state index contributed by atoms with van der Waals surface area (Å²) in [4.78, 5) is 4.24. The molecule has 1 saturated carbocycles. The van der Waals surface area contributed by atoms with E-state index in [9.17, 15) is 0 Å². The van der Waals surface area contributed by atoms with Crippen LogP contribution in [0.25, 0.3) is 0 Å². The molecule has 1 aromatic heterocycles. The highest BCUT2D eigenvalue weighted by Gasteiger charge is 2.29. The fourth-order valence-electron chi connectivity index (χ4n) is 2.53. The van der Waals surface area contributed by atoms with Crippen molar-refractivity contribution in [2.75, 3.05) is 13.1 Å². The highest BCUT2D eigenvalue weighted by Crippen LogP contribution is 2.36. The van der Waals surface area contributed by atoms with Gasteiger partial charge in [0, 0.05) is 12.6 Å². The number of piperidine rings is 1. The number of nitrogens with one attached hydrogen (secondary N) is 1. The molecule has 1 atom stereocenters. The second-order valence-electron chi connectivity index (χ2n) is 5.54. The van der Waals surface area contributed by atoms with Gasteiger partial charge in [-0.25, -0.2) is 4.98 Å². The number of imidazole rings is 1. The molecular weight excluding hydrogens is 214 g/mol. The van der Waals surface area contributed by atoms with Gasteiger partial charge in [0.15, 0.2) is 0 Å². The maximum Gasteiger partial charge on any atom is 0.0951 e. The summed E-state index contributed by atoms with van der Waals surface area (Å²) in [6.07, 6.45) is 8.83. The van der Waals surface area contributed by atoms with Crippen molar-refractivity contribution in [2.45, 2.75) is 50.9 Å². The predicted molar refractivity (Wildman–Crippen MR) is 65.8 cm³/mol. The largest absolute Gasteiger partial charge is 0.368 e. The van der Waals surface area contributed by atoms with E-state index in [1.807, 2.05) is 12.5 Å². The predicted octanol–water partition coefficient (Wildman–Crippen LogP) is 1.88. The molecular formula is C13H21N3O. The molecule has 0 radical (unpaired) electrons. The molecule has 4 heteroatoms. The van der Waals surface area contributed by atoms with E-state index in [0.29, 0.717) is 12.6 Å². The van der Waals surface area contributed by atoms with Crippen LogP contribution in [0.3, 0.4) is 0 Å². The summed E-state index contributed by atoms with van der Waals surface area (Å²) < 4.78 is 8.39. The van der Waals surface area contributed by atoms with Gasteiger partial charge < -0.3 is 14.6 Å². The van der Waals surface area contributed by atoms with Gasteiger partial charge in [-0.2, -0.15) is 0 Å². The van der Waals surface area contributed by atoms with Crippen molar-refractivity contribution < 1.29 is 4.74 Å². The topological polar surface area (TPSA) is 39.1 Å². The van der Waals surface area contributed by atoms with Gasteiger partial charge in [-0.3, -0.25) is 0 Å². The summed E-state index contributed by atoms with van der Waals surface area (Å²) in [5.41, 5.74) is 1.22. The second kappa shape index (κ2) is 4.42. The maximum absolute atomic E-state index is 6.11. The standard InChI is InChI=1S/C13H21N3O/c1-13(5-2-6-14-9-13)17-8-12-7-15-10-16(12)11-3-4-11/h7,10-11,14H,2-6,8-9H2,1H3. The zero-order chi connectivity index (χ0) is 11.7. The Kier molecular flexibility index (Phi) is 2.92. The van der Waals surface area contributed by atoms with E-state index in [1.165, 1.54) is 25.0 Å². The third kappa shape index (κ3) is 2.53. The molecule has 1 unspecified atom stereocenters. The van der Waals surface area contributed by atoms with Crippen molar-refractivity contribution >= 4 is 0 Å². The monoisotopic (exact) mass is 235 g/mol. The summed E-state index contributed by atoms with van der Waals surface area (Å²) in [7, 11) is 0. The van der Waals surface area contributed by atoms with Crippen molar-refractivity contribution in [2.24, 2.45) is 0 Å². The molecule has 3 rings (SSSR count). The van der Waals surface area contributed by atoms with E-state index >= 15 is 0 Å². The van der Waals surface area contributed by atoms with Crippen molar-refractivity contribution in [3.05, 3.63) is 18.2 Å². The van der Waals surface area contributed by atoms with Crippen molar-refractivity contribution in [1.82, 2.24) is 14.9 Å². The quantitative estimate of drug-likeness (QED) is 0.866. The van der Waals surface area contributed by atoms with E-state index in [1.54, 1.807) is 0 Å². The van der Waals surface area contributed by atoms with Gasteiger partial charge in [0.05, 0.1) is 30.4 Å². The van der Waals surface area contributed by atoms with Crippen LogP contribution in [0.5, 0.6) is 0 Å². The molecule has 2 heterocycles. The number of rotatable bonds is 4. The Morgan fingerprint density at radius 1 is 1.59 bits per heavy atom. The van der Waals surface area contributed by atoms with E-state index in [0.717, 1.165) is 19.5 Å². The summed E-state index contributed by atoms with van der Waals surface area (Å²) in [6.45, 7) is 4.98. The van der Waals surface area contributed by atoms with Crippen LogP contribution in [0, 0.1) is 0 Å². The Morgan fingerprint density at radius 2 is 2.47 bits per heavy atom. The Balaban J connectivity index is 1.60. The lowest BCUT2D eigenvalue weighted by atomic mass is 9.96. The molecule has 1 N–H and O–H groups in total. The molecule has 0 bridgehead atoms. The van der Waals surface area contributed by atoms with E-state index in [-0.39, 0.29) is 5.60 Å². The molecule has 1 saturated heterocycles.